The van der Waals surface area contributed by atoms with Crippen LogP contribution < -0.4 is 0 Å². The Balaban J connectivity index is 3.53. The molecule has 0 saturated heterocycles. The van der Waals surface area contributed by atoms with Crippen molar-refractivity contribution in [3.63, 3.8) is 0 Å². The Morgan fingerprint density at radius 2 is 1.80 bits per heavy atom. The number of aliphatic hydroxyl groups is 1. The van der Waals surface area contributed by atoms with Gasteiger partial charge in [0.2, 0.25) is 0 Å². The fourth-order valence-electron chi connectivity index (χ4n) is 1.25. The maximum absolute atomic E-state index is 13.6. The van der Waals surface area contributed by atoms with Crippen LogP contribution in [0.4, 0.5) is 13.2 Å². The zero-order valence-electron chi connectivity index (χ0n) is 8.24. The second-order valence-corrected chi connectivity index (χ2v) is 4.74. The first kappa shape index (κ1) is 12.5. The van der Waals surface area contributed by atoms with Crippen molar-refractivity contribution in [1.29, 1.82) is 0 Å². The molecule has 0 aliphatic rings. The van der Waals surface area contributed by atoms with E-state index in [1.165, 1.54) is 13.8 Å². The summed E-state index contributed by atoms with van der Waals surface area (Å²) < 4.78 is 39.8. The van der Waals surface area contributed by atoms with Crippen LogP contribution in [0.5, 0.6) is 0 Å². The molecular weight excluding hydrogens is 273 g/mol. The summed E-state index contributed by atoms with van der Waals surface area (Å²) in [5, 5.41) is 9.01. The highest BCUT2D eigenvalue weighted by atomic mass is 79.9. The van der Waals surface area contributed by atoms with E-state index >= 15 is 0 Å². The van der Waals surface area contributed by atoms with Crippen molar-refractivity contribution < 1.29 is 18.3 Å². The molecule has 0 saturated carbocycles. The third-order valence-electron chi connectivity index (χ3n) is 2.18. The molecule has 1 N–H and O–H groups in total. The van der Waals surface area contributed by atoms with E-state index in [4.69, 9.17) is 5.11 Å². The quantitative estimate of drug-likeness (QED) is 0.827. The summed E-state index contributed by atoms with van der Waals surface area (Å²) in [6.07, 6.45) is 0. The maximum atomic E-state index is 13.6. The first-order chi connectivity index (χ1) is 6.81. The summed E-state index contributed by atoms with van der Waals surface area (Å²) in [6, 6.07) is 0.724. The highest BCUT2D eigenvalue weighted by Gasteiger charge is 2.30. The van der Waals surface area contributed by atoms with E-state index in [2.05, 4.69) is 15.9 Å². The minimum Gasteiger partial charge on any atom is -0.395 e. The summed E-state index contributed by atoms with van der Waals surface area (Å²) in [6.45, 7) is 2.39. The average Bonchev–Trinajstić information content (AvgIpc) is 2.15. The van der Waals surface area contributed by atoms with Crippen molar-refractivity contribution in [3.8, 4) is 0 Å². The summed E-state index contributed by atoms with van der Waals surface area (Å²) >= 11 is 2.79. The normalized spacial score (nSPS) is 11.9. The van der Waals surface area contributed by atoms with Crippen LogP contribution in [-0.4, -0.2) is 11.7 Å². The van der Waals surface area contributed by atoms with Crippen LogP contribution in [-0.2, 0) is 5.41 Å². The number of rotatable bonds is 2. The van der Waals surface area contributed by atoms with Gasteiger partial charge in [-0.15, -0.1) is 0 Å². The zero-order chi connectivity index (χ0) is 11.8. The number of aliphatic hydroxyl groups excluding tert-OH is 1. The predicted molar refractivity (Wildman–Crippen MR) is 54.1 cm³/mol. The van der Waals surface area contributed by atoms with Gasteiger partial charge in [0.1, 0.15) is 5.82 Å². The number of benzene rings is 1. The van der Waals surface area contributed by atoms with Gasteiger partial charge in [-0.25, -0.2) is 13.2 Å². The molecule has 84 valence electrons. The average molecular weight is 283 g/mol. The van der Waals surface area contributed by atoms with Gasteiger partial charge in [-0.1, -0.05) is 13.8 Å². The highest BCUT2D eigenvalue weighted by Crippen LogP contribution is 2.33. The molecule has 0 atom stereocenters. The molecule has 1 rings (SSSR count). The Kier molecular flexibility index (Phi) is 3.45. The molecule has 0 aromatic heterocycles. The monoisotopic (exact) mass is 282 g/mol. The Bertz CT molecular complexity index is 364. The molecule has 0 heterocycles. The molecule has 0 aliphatic carbocycles. The molecule has 0 radical (unpaired) electrons. The highest BCUT2D eigenvalue weighted by molar-refractivity contribution is 9.10. The van der Waals surface area contributed by atoms with Gasteiger partial charge in [-0.05, 0) is 22.0 Å². The van der Waals surface area contributed by atoms with Gasteiger partial charge in [-0.3, -0.25) is 0 Å². The van der Waals surface area contributed by atoms with Crippen LogP contribution >= 0.6 is 15.9 Å². The van der Waals surface area contributed by atoms with E-state index in [9.17, 15) is 13.2 Å². The standard InChI is InChI=1S/C10H10BrF3O/c1-10(2,4-15)7-8(13)5(11)3-6(12)9(7)14/h3,15H,4H2,1-2H3. The van der Waals surface area contributed by atoms with Gasteiger partial charge in [-0.2, -0.15) is 0 Å². The van der Waals surface area contributed by atoms with Crippen LogP contribution in [0.2, 0.25) is 0 Å². The third-order valence-corrected chi connectivity index (χ3v) is 2.76. The minimum absolute atomic E-state index is 0.155. The van der Waals surface area contributed by atoms with Crippen molar-refractivity contribution in [2.75, 3.05) is 6.61 Å². The van der Waals surface area contributed by atoms with Crippen LogP contribution in [0.1, 0.15) is 19.4 Å². The van der Waals surface area contributed by atoms with Crippen molar-refractivity contribution in [2.45, 2.75) is 19.3 Å². The topological polar surface area (TPSA) is 20.2 Å². The van der Waals surface area contributed by atoms with Gasteiger partial charge in [0.15, 0.2) is 11.6 Å². The molecule has 0 unspecified atom stereocenters. The van der Waals surface area contributed by atoms with E-state index < -0.39 is 35.0 Å². The van der Waals surface area contributed by atoms with Crippen LogP contribution in [0.25, 0.3) is 0 Å². The molecule has 5 heteroatoms. The largest absolute Gasteiger partial charge is 0.395 e. The SMILES string of the molecule is CC(C)(CO)c1c(F)c(F)cc(Br)c1F. The Morgan fingerprint density at radius 1 is 1.27 bits per heavy atom. The first-order valence-corrected chi connectivity index (χ1v) is 5.05. The lowest BCUT2D eigenvalue weighted by Gasteiger charge is -2.24. The van der Waals surface area contributed by atoms with Gasteiger partial charge >= 0.3 is 0 Å². The van der Waals surface area contributed by atoms with Crippen molar-refractivity contribution in [2.24, 2.45) is 0 Å². The fourth-order valence-corrected chi connectivity index (χ4v) is 1.65. The summed E-state index contributed by atoms with van der Waals surface area (Å²) in [5.74, 6) is -3.28. The lowest BCUT2D eigenvalue weighted by Crippen LogP contribution is -2.26. The van der Waals surface area contributed by atoms with Crippen LogP contribution in [0.3, 0.4) is 0 Å². The molecule has 0 spiro atoms. The number of halogens is 4. The fraction of sp³-hybridized carbons (Fsp3) is 0.400. The van der Waals surface area contributed by atoms with Crippen LogP contribution in [0.15, 0.2) is 10.5 Å². The van der Waals surface area contributed by atoms with Gasteiger partial charge in [0.25, 0.3) is 0 Å². The van der Waals surface area contributed by atoms with Crippen LogP contribution in [0, 0.1) is 17.5 Å². The second kappa shape index (κ2) is 4.14. The summed E-state index contributed by atoms with van der Waals surface area (Å²) in [5.41, 5.74) is -1.62. The maximum Gasteiger partial charge on any atom is 0.165 e. The van der Waals surface area contributed by atoms with Gasteiger partial charge in [0.05, 0.1) is 11.1 Å². The lowest BCUT2D eigenvalue weighted by atomic mass is 9.84. The van der Waals surface area contributed by atoms with Crippen molar-refractivity contribution in [1.82, 2.24) is 0 Å². The zero-order valence-corrected chi connectivity index (χ0v) is 9.83. The van der Waals surface area contributed by atoms with E-state index in [1.54, 1.807) is 0 Å². The van der Waals surface area contributed by atoms with Gasteiger partial charge in [0, 0.05) is 11.0 Å². The summed E-state index contributed by atoms with van der Waals surface area (Å²) in [7, 11) is 0. The molecule has 0 fully saturated rings. The lowest BCUT2D eigenvalue weighted by molar-refractivity contribution is 0.209. The molecule has 15 heavy (non-hydrogen) atoms. The van der Waals surface area contributed by atoms with E-state index in [-0.39, 0.29) is 4.47 Å². The first-order valence-electron chi connectivity index (χ1n) is 4.25. The Morgan fingerprint density at radius 3 is 2.27 bits per heavy atom. The second-order valence-electron chi connectivity index (χ2n) is 3.89. The smallest absolute Gasteiger partial charge is 0.165 e. The molecule has 0 aliphatic heterocycles. The Hall–Kier alpha value is -0.550. The van der Waals surface area contributed by atoms with E-state index in [1.807, 2.05) is 0 Å². The number of hydrogen-bond donors (Lipinski definition) is 1. The van der Waals surface area contributed by atoms with E-state index in [0.717, 1.165) is 6.07 Å². The predicted octanol–water partition coefficient (Wildman–Crippen LogP) is 3.14. The third kappa shape index (κ3) is 2.18. The number of hydrogen-bond acceptors (Lipinski definition) is 1. The van der Waals surface area contributed by atoms with Crippen molar-refractivity contribution >= 4 is 15.9 Å². The minimum atomic E-state index is -1.25. The van der Waals surface area contributed by atoms with E-state index in [0.29, 0.717) is 0 Å². The molecular formula is C10H10BrF3O. The van der Waals surface area contributed by atoms with Gasteiger partial charge < -0.3 is 5.11 Å². The molecule has 1 nitrogen and oxygen atoms in total. The molecule has 0 amide bonds. The Labute approximate surface area is 94.0 Å². The summed E-state index contributed by atoms with van der Waals surface area (Å²) in [4.78, 5) is 0. The molecule has 0 bridgehead atoms. The molecule has 1 aromatic carbocycles. The molecule has 1 aromatic rings. The van der Waals surface area contributed by atoms with Crippen molar-refractivity contribution in [3.05, 3.63) is 33.6 Å².